The average molecular weight is 328 g/mol. The Kier molecular flexibility index (Phi) is 3.53. The highest BCUT2D eigenvalue weighted by Crippen LogP contribution is 2.30. The van der Waals surface area contributed by atoms with Gasteiger partial charge in [0.2, 0.25) is 9.84 Å². The first kappa shape index (κ1) is 14.6. The first-order valence-electron chi connectivity index (χ1n) is 8.10. The zero-order valence-corrected chi connectivity index (χ0v) is 13.8. The van der Waals surface area contributed by atoms with Gasteiger partial charge in [0.1, 0.15) is 0 Å². The van der Waals surface area contributed by atoms with Gasteiger partial charge in [-0.1, -0.05) is 12.1 Å². The number of anilines is 2. The Morgan fingerprint density at radius 3 is 1.48 bits per heavy atom. The normalized spacial score (nSPS) is 17.6. The molecule has 23 heavy (non-hydrogen) atoms. The van der Waals surface area contributed by atoms with Crippen LogP contribution in [0.5, 0.6) is 0 Å². The third kappa shape index (κ3) is 2.59. The van der Waals surface area contributed by atoms with Crippen molar-refractivity contribution < 1.29 is 8.42 Å². The van der Waals surface area contributed by atoms with E-state index < -0.39 is 9.84 Å². The number of hydrogen-bond donors (Lipinski definition) is 0. The quantitative estimate of drug-likeness (QED) is 0.865. The van der Waals surface area contributed by atoms with Gasteiger partial charge in [-0.15, -0.1) is 0 Å². The summed E-state index contributed by atoms with van der Waals surface area (Å²) in [5, 5.41) is 0. The van der Waals surface area contributed by atoms with Crippen molar-refractivity contribution in [3.63, 3.8) is 0 Å². The van der Waals surface area contributed by atoms with E-state index in [0.29, 0.717) is 9.79 Å². The third-order valence-corrected chi connectivity index (χ3v) is 6.45. The summed E-state index contributed by atoms with van der Waals surface area (Å²) in [6, 6.07) is 14.6. The molecule has 0 bridgehead atoms. The van der Waals surface area contributed by atoms with E-state index in [4.69, 9.17) is 0 Å². The summed E-state index contributed by atoms with van der Waals surface area (Å²) in [4.78, 5) is 5.16. The summed E-state index contributed by atoms with van der Waals surface area (Å²) in [5.74, 6) is 0. The maximum atomic E-state index is 13.0. The van der Waals surface area contributed by atoms with E-state index in [9.17, 15) is 8.42 Å². The molecule has 0 radical (unpaired) electrons. The van der Waals surface area contributed by atoms with Crippen molar-refractivity contribution in [2.24, 2.45) is 0 Å². The van der Waals surface area contributed by atoms with E-state index in [-0.39, 0.29) is 0 Å². The molecule has 2 saturated heterocycles. The minimum absolute atomic E-state index is 0.377. The molecule has 0 atom stereocenters. The minimum atomic E-state index is -3.47. The SMILES string of the molecule is O=S(=O)(c1cccc(N2CCC2)c1)c1cccc(N2CCC2)c1. The van der Waals surface area contributed by atoms with Crippen molar-refractivity contribution in [2.75, 3.05) is 36.0 Å². The Balaban J connectivity index is 1.69. The van der Waals surface area contributed by atoms with Gasteiger partial charge >= 0.3 is 0 Å². The molecule has 2 aromatic rings. The lowest BCUT2D eigenvalue weighted by Crippen LogP contribution is -2.37. The van der Waals surface area contributed by atoms with E-state index >= 15 is 0 Å². The van der Waals surface area contributed by atoms with E-state index in [1.165, 1.54) is 12.8 Å². The van der Waals surface area contributed by atoms with Crippen molar-refractivity contribution >= 4 is 21.2 Å². The van der Waals surface area contributed by atoms with Crippen LogP contribution in [-0.4, -0.2) is 34.6 Å². The predicted molar refractivity (Wildman–Crippen MR) is 92.0 cm³/mol. The largest absolute Gasteiger partial charge is 0.371 e. The first-order valence-corrected chi connectivity index (χ1v) is 9.58. The molecule has 2 aromatic carbocycles. The molecular weight excluding hydrogens is 308 g/mol. The Hall–Kier alpha value is -2.01. The summed E-state index contributed by atoms with van der Waals surface area (Å²) in [7, 11) is -3.47. The van der Waals surface area contributed by atoms with Crippen molar-refractivity contribution in [3.05, 3.63) is 48.5 Å². The fraction of sp³-hybridized carbons (Fsp3) is 0.333. The van der Waals surface area contributed by atoms with Crippen LogP contribution in [-0.2, 0) is 9.84 Å². The number of rotatable bonds is 4. The van der Waals surface area contributed by atoms with Crippen LogP contribution in [0.3, 0.4) is 0 Å². The van der Waals surface area contributed by atoms with Crippen LogP contribution in [0.25, 0.3) is 0 Å². The zero-order valence-electron chi connectivity index (χ0n) is 13.0. The fourth-order valence-electron chi connectivity index (χ4n) is 2.98. The monoisotopic (exact) mass is 328 g/mol. The molecule has 0 spiro atoms. The standard InChI is InChI=1S/C18H20N2O2S/c21-23(22,17-7-1-5-15(13-17)19-9-3-10-19)18-8-2-6-16(14-18)20-11-4-12-20/h1-2,5-8,13-14H,3-4,9-12H2. The molecule has 0 saturated carbocycles. The molecule has 0 amide bonds. The van der Waals surface area contributed by atoms with Crippen LogP contribution in [0.2, 0.25) is 0 Å². The van der Waals surface area contributed by atoms with Gasteiger partial charge in [0.25, 0.3) is 0 Å². The minimum Gasteiger partial charge on any atom is -0.371 e. The molecule has 2 aliphatic rings. The van der Waals surface area contributed by atoms with Crippen LogP contribution in [0.4, 0.5) is 11.4 Å². The van der Waals surface area contributed by atoms with Gasteiger partial charge in [-0.2, -0.15) is 0 Å². The molecule has 4 nitrogen and oxygen atoms in total. The van der Waals surface area contributed by atoms with Crippen molar-refractivity contribution in [1.29, 1.82) is 0 Å². The predicted octanol–water partition coefficient (Wildman–Crippen LogP) is 2.94. The summed E-state index contributed by atoms with van der Waals surface area (Å²) in [6.45, 7) is 4.03. The van der Waals surface area contributed by atoms with Gasteiger partial charge < -0.3 is 9.80 Å². The molecule has 0 aromatic heterocycles. The lowest BCUT2D eigenvalue weighted by Gasteiger charge is -2.33. The highest BCUT2D eigenvalue weighted by atomic mass is 32.2. The van der Waals surface area contributed by atoms with E-state index in [2.05, 4.69) is 9.80 Å². The third-order valence-electron chi connectivity index (χ3n) is 4.70. The van der Waals surface area contributed by atoms with Crippen molar-refractivity contribution in [3.8, 4) is 0 Å². The van der Waals surface area contributed by atoms with Crippen molar-refractivity contribution in [1.82, 2.24) is 0 Å². The van der Waals surface area contributed by atoms with Gasteiger partial charge in [-0.05, 0) is 49.2 Å². The second-order valence-corrected chi connectivity index (χ2v) is 8.13. The van der Waals surface area contributed by atoms with Crippen LogP contribution in [0, 0.1) is 0 Å². The molecule has 2 aliphatic heterocycles. The first-order chi connectivity index (χ1) is 11.1. The average Bonchev–Trinajstić information content (AvgIpc) is 2.44. The number of benzene rings is 2. The molecule has 2 heterocycles. The summed E-state index contributed by atoms with van der Waals surface area (Å²) < 4.78 is 25.9. The molecule has 120 valence electrons. The van der Waals surface area contributed by atoms with Crippen LogP contribution < -0.4 is 9.80 Å². The van der Waals surface area contributed by atoms with E-state index in [1.54, 1.807) is 24.3 Å². The second kappa shape index (κ2) is 5.57. The number of hydrogen-bond acceptors (Lipinski definition) is 4. The summed E-state index contributed by atoms with van der Waals surface area (Å²) in [5.41, 5.74) is 1.99. The topological polar surface area (TPSA) is 40.6 Å². The van der Waals surface area contributed by atoms with E-state index in [1.807, 2.05) is 24.3 Å². The molecule has 2 fully saturated rings. The van der Waals surface area contributed by atoms with Gasteiger partial charge in [0, 0.05) is 37.6 Å². The molecular formula is C18H20N2O2S. The molecule has 4 rings (SSSR count). The molecule has 5 heteroatoms. The zero-order chi connectivity index (χ0) is 15.9. The summed E-state index contributed by atoms with van der Waals surface area (Å²) >= 11 is 0. The fourth-order valence-corrected chi connectivity index (χ4v) is 4.32. The van der Waals surface area contributed by atoms with Gasteiger partial charge in [-0.3, -0.25) is 0 Å². The maximum absolute atomic E-state index is 13.0. The maximum Gasteiger partial charge on any atom is 0.206 e. The van der Waals surface area contributed by atoms with E-state index in [0.717, 1.165) is 37.6 Å². The lowest BCUT2D eigenvalue weighted by atomic mass is 10.2. The highest BCUT2D eigenvalue weighted by Gasteiger charge is 2.22. The lowest BCUT2D eigenvalue weighted by molar-refractivity contribution is 0.594. The van der Waals surface area contributed by atoms with Crippen LogP contribution >= 0.6 is 0 Å². The second-order valence-electron chi connectivity index (χ2n) is 6.18. The number of nitrogens with zero attached hydrogens (tertiary/aromatic N) is 2. The van der Waals surface area contributed by atoms with Gasteiger partial charge in [0.15, 0.2) is 0 Å². The molecule has 0 unspecified atom stereocenters. The number of sulfone groups is 1. The van der Waals surface area contributed by atoms with Gasteiger partial charge in [0.05, 0.1) is 9.79 Å². The van der Waals surface area contributed by atoms with Crippen LogP contribution in [0.15, 0.2) is 58.3 Å². The Morgan fingerprint density at radius 1 is 0.696 bits per heavy atom. The van der Waals surface area contributed by atoms with Gasteiger partial charge in [-0.25, -0.2) is 8.42 Å². The Morgan fingerprint density at radius 2 is 1.13 bits per heavy atom. The molecule has 0 N–H and O–H groups in total. The smallest absolute Gasteiger partial charge is 0.206 e. The Bertz CT molecular complexity index is 761. The molecule has 0 aliphatic carbocycles. The highest BCUT2D eigenvalue weighted by molar-refractivity contribution is 7.91. The summed E-state index contributed by atoms with van der Waals surface area (Å²) in [6.07, 6.45) is 2.35. The van der Waals surface area contributed by atoms with Crippen LogP contribution in [0.1, 0.15) is 12.8 Å². The Labute approximate surface area is 137 Å². The van der Waals surface area contributed by atoms with Crippen molar-refractivity contribution in [2.45, 2.75) is 22.6 Å².